The van der Waals surface area contributed by atoms with Crippen LogP contribution in [-0.4, -0.2) is 36.9 Å². The number of aliphatic carboxylic acids is 1. The second kappa shape index (κ2) is 4.49. The van der Waals surface area contributed by atoms with Crippen molar-refractivity contribution in [2.75, 3.05) is 19.7 Å². The third-order valence-corrected chi connectivity index (χ3v) is 1.19. The van der Waals surface area contributed by atoms with E-state index in [1.54, 1.807) is 0 Å². The minimum Gasteiger partial charge on any atom is -0.480 e. The van der Waals surface area contributed by atoms with Crippen molar-refractivity contribution >= 4 is 18.4 Å². The molecule has 1 fully saturated rings. The molecule has 1 heterocycles. The van der Waals surface area contributed by atoms with E-state index in [0.29, 0.717) is 0 Å². The van der Waals surface area contributed by atoms with Crippen molar-refractivity contribution in [1.82, 2.24) is 5.32 Å². The van der Waals surface area contributed by atoms with Gasteiger partial charge in [-0.15, -0.1) is 12.4 Å². The molecule has 1 aliphatic rings. The topological polar surface area (TPSA) is 58.6 Å². The van der Waals surface area contributed by atoms with Crippen molar-refractivity contribution < 1.29 is 14.6 Å². The smallest absolute Gasteiger partial charge is 0.329 e. The third-order valence-electron chi connectivity index (χ3n) is 1.19. The molecule has 4 nitrogen and oxygen atoms in total. The molecule has 5 heteroatoms. The fourth-order valence-electron chi connectivity index (χ4n) is 0.569. The highest BCUT2D eigenvalue weighted by atomic mass is 35.5. The number of hydrogen-bond acceptors (Lipinski definition) is 3. The molecule has 10 heavy (non-hydrogen) atoms. The van der Waals surface area contributed by atoms with Crippen LogP contribution in [0.5, 0.6) is 0 Å². The molecule has 0 saturated carbocycles. The van der Waals surface area contributed by atoms with E-state index >= 15 is 0 Å². The molecule has 0 bridgehead atoms. The molecule has 60 valence electrons. The van der Waals surface area contributed by atoms with Crippen molar-refractivity contribution in [2.24, 2.45) is 0 Å². The molecule has 0 aromatic heterocycles. The molecule has 0 spiro atoms. The summed E-state index contributed by atoms with van der Waals surface area (Å²) in [7, 11) is 0. The van der Waals surface area contributed by atoms with Gasteiger partial charge in [-0.25, -0.2) is 4.79 Å². The second-order valence-corrected chi connectivity index (χ2v) is 1.98. The lowest BCUT2D eigenvalue weighted by molar-refractivity contribution is -0.145. The summed E-state index contributed by atoms with van der Waals surface area (Å²) in [6.45, 7) is 1.40. The van der Waals surface area contributed by atoms with Crippen LogP contribution in [0.3, 0.4) is 0 Å². The highest BCUT2D eigenvalue weighted by Crippen LogP contribution is 1.96. The van der Waals surface area contributed by atoms with Gasteiger partial charge in [0, 0.05) is 13.1 Å². The number of carboxylic acid groups (broad SMARTS) is 1. The zero-order chi connectivity index (χ0) is 6.69. The van der Waals surface area contributed by atoms with E-state index in [1.807, 2.05) is 0 Å². The van der Waals surface area contributed by atoms with Crippen molar-refractivity contribution in [3.63, 3.8) is 0 Å². The maximum absolute atomic E-state index is 9.90. The van der Waals surface area contributed by atoms with E-state index in [9.17, 15) is 4.79 Å². The number of ether oxygens (including phenoxy) is 1. The molecular weight excluding hydrogens is 158 g/mol. The van der Waals surface area contributed by atoms with Crippen molar-refractivity contribution in [3.8, 4) is 0 Å². The van der Waals surface area contributed by atoms with Gasteiger partial charge >= 0.3 is 5.97 Å². The van der Waals surface area contributed by atoms with Crippen molar-refractivity contribution in [3.05, 3.63) is 0 Å². The normalized spacial score (nSPS) is 17.2. The van der Waals surface area contributed by atoms with Gasteiger partial charge in [-0.1, -0.05) is 0 Å². The molecule has 0 unspecified atom stereocenters. The number of rotatable bonds is 3. The van der Waals surface area contributed by atoms with Crippen molar-refractivity contribution in [2.45, 2.75) is 6.10 Å². The molecular formula is C5H10ClNO3. The Morgan fingerprint density at radius 3 is 2.60 bits per heavy atom. The fourth-order valence-corrected chi connectivity index (χ4v) is 0.569. The Balaban J connectivity index is 0.000000810. The fraction of sp³-hybridized carbons (Fsp3) is 0.800. The van der Waals surface area contributed by atoms with Crippen LogP contribution < -0.4 is 5.32 Å². The molecule has 0 amide bonds. The first kappa shape index (κ1) is 9.68. The van der Waals surface area contributed by atoms with Crippen LogP contribution in [0.1, 0.15) is 0 Å². The summed E-state index contributed by atoms with van der Waals surface area (Å²) in [6, 6.07) is 0. The van der Waals surface area contributed by atoms with Gasteiger partial charge in [-0.05, 0) is 0 Å². The Labute approximate surface area is 65.0 Å². The van der Waals surface area contributed by atoms with Crippen molar-refractivity contribution in [1.29, 1.82) is 0 Å². The summed E-state index contributed by atoms with van der Waals surface area (Å²) < 4.78 is 4.88. The first-order chi connectivity index (χ1) is 4.29. The summed E-state index contributed by atoms with van der Waals surface area (Å²) in [4.78, 5) is 9.90. The third kappa shape index (κ3) is 3.00. The van der Waals surface area contributed by atoms with E-state index in [2.05, 4.69) is 5.32 Å². The summed E-state index contributed by atoms with van der Waals surface area (Å²) >= 11 is 0. The number of hydrogen-bond donors (Lipinski definition) is 2. The van der Waals surface area contributed by atoms with E-state index in [1.165, 1.54) is 0 Å². The quantitative estimate of drug-likeness (QED) is 0.594. The van der Waals surface area contributed by atoms with Gasteiger partial charge in [0.1, 0.15) is 6.61 Å². The van der Waals surface area contributed by atoms with Crippen LogP contribution in [0.15, 0.2) is 0 Å². The standard InChI is InChI=1S/C5H9NO3.ClH/c7-5(8)3-9-4-1-6-2-4;/h4,6H,1-3H2,(H,7,8);1H. The lowest BCUT2D eigenvalue weighted by Crippen LogP contribution is -2.49. The summed E-state index contributed by atoms with van der Waals surface area (Å²) in [6.07, 6.45) is 0.126. The highest BCUT2D eigenvalue weighted by molar-refractivity contribution is 5.85. The molecule has 2 N–H and O–H groups in total. The zero-order valence-electron chi connectivity index (χ0n) is 5.37. The maximum Gasteiger partial charge on any atom is 0.329 e. The Kier molecular flexibility index (Phi) is 4.34. The first-order valence-electron chi connectivity index (χ1n) is 2.83. The van der Waals surface area contributed by atoms with Gasteiger partial charge in [0.15, 0.2) is 0 Å². The average molecular weight is 168 g/mol. The molecule has 0 radical (unpaired) electrons. The number of carbonyl (C=O) groups is 1. The monoisotopic (exact) mass is 167 g/mol. The minimum absolute atomic E-state index is 0. The SMILES string of the molecule is Cl.O=C(O)COC1CNC1. The lowest BCUT2D eigenvalue weighted by atomic mass is 10.2. The number of carboxylic acids is 1. The minimum atomic E-state index is -0.901. The molecule has 1 saturated heterocycles. The highest BCUT2D eigenvalue weighted by Gasteiger charge is 2.17. The molecule has 1 aliphatic heterocycles. The van der Waals surface area contributed by atoms with Gasteiger partial charge in [-0.3, -0.25) is 0 Å². The van der Waals surface area contributed by atoms with Crippen LogP contribution in [0.4, 0.5) is 0 Å². The largest absolute Gasteiger partial charge is 0.480 e. The molecule has 1 rings (SSSR count). The summed E-state index contributed by atoms with van der Waals surface area (Å²) in [5.74, 6) is -0.901. The van der Waals surface area contributed by atoms with Crippen LogP contribution in [-0.2, 0) is 9.53 Å². The first-order valence-corrected chi connectivity index (χ1v) is 2.83. The summed E-state index contributed by atoms with van der Waals surface area (Å²) in [5.41, 5.74) is 0. The van der Waals surface area contributed by atoms with Gasteiger partial charge in [0.25, 0.3) is 0 Å². The van der Waals surface area contributed by atoms with Gasteiger partial charge < -0.3 is 15.2 Å². The second-order valence-electron chi connectivity index (χ2n) is 1.98. The van der Waals surface area contributed by atoms with Crippen LogP contribution in [0.2, 0.25) is 0 Å². The van der Waals surface area contributed by atoms with Gasteiger partial charge in [0.05, 0.1) is 6.10 Å². The van der Waals surface area contributed by atoms with E-state index < -0.39 is 5.97 Å². The summed E-state index contributed by atoms with van der Waals surface area (Å²) in [5, 5.41) is 11.1. The maximum atomic E-state index is 9.90. The predicted octanol–water partition coefficient (Wildman–Crippen LogP) is -0.519. The van der Waals surface area contributed by atoms with Crippen LogP contribution in [0.25, 0.3) is 0 Å². The Morgan fingerprint density at radius 1 is 1.70 bits per heavy atom. The molecule has 0 aromatic carbocycles. The predicted molar refractivity (Wildman–Crippen MR) is 37.5 cm³/mol. The van der Waals surface area contributed by atoms with Gasteiger partial charge in [0.2, 0.25) is 0 Å². The Bertz CT molecular complexity index is 115. The molecule has 0 aromatic rings. The zero-order valence-corrected chi connectivity index (χ0v) is 6.19. The molecule has 0 aliphatic carbocycles. The van der Waals surface area contributed by atoms with E-state index in [0.717, 1.165) is 13.1 Å². The van der Waals surface area contributed by atoms with E-state index in [-0.39, 0.29) is 25.1 Å². The van der Waals surface area contributed by atoms with Crippen LogP contribution >= 0.6 is 12.4 Å². The number of nitrogens with one attached hydrogen (secondary N) is 1. The number of halogens is 1. The Hall–Kier alpha value is -0.320. The lowest BCUT2D eigenvalue weighted by Gasteiger charge is -2.26. The van der Waals surface area contributed by atoms with Gasteiger partial charge in [-0.2, -0.15) is 0 Å². The Morgan fingerprint density at radius 2 is 2.30 bits per heavy atom. The molecule has 0 atom stereocenters. The van der Waals surface area contributed by atoms with E-state index in [4.69, 9.17) is 9.84 Å². The average Bonchev–Trinajstić information content (AvgIpc) is 1.60. The van der Waals surface area contributed by atoms with Crippen LogP contribution in [0, 0.1) is 0 Å².